The number of nitrogens with one attached hydrogen (secondary N) is 1. The third-order valence-corrected chi connectivity index (χ3v) is 5.47. The van der Waals surface area contributed by atoms with Crippen LogP contribution in [0.2, 0.25) is 0 Å². The molecule has 4 heterocycles. The van der Waals surface area contributed by atoms with Crippen molar-refractivity contribution in [3.8, 4) is 10.6 Å². The molecule has 2 aromatic heterocycles. The quantitative estimate of drug-likeness (QED) is 0.941. The number of amides is 1. The number of hydrogen-bond donors (Lipinski definition) is 1. The molecule has 2 aromatic rings. The number of thiazole rings is 1. The summed E-state index contributed by atoms with van der Waals surface area (Å²) in [6, 6.07) is 0. The smallest absolute Gasteiger partial charge is 0.234 e. The lowest BCUT2D eigenvalue weighted by Gasteiger charge is -2.29. The van der Waals surface area contributed by atoms with E-state index >= 15 is 0 Å². The minimum absolute atomic E-state index is 0.000235. The van der Waals surface area contributed by atoms with Crippen LogP contribution in [0.3, 0.4) is 0 Å². The van der Waals surface area contributed by atoms with Gasteiger partial charge in [0.05, 0.1) is 28.7 Å². The van der Waals surface area contributed by atoms with Gasteiger partial charge in [0.25, 0.3) is 0 Å². The molecule has 1 amide bonds. The van der Waals surface area contributed by atoms with Gasteiger partial charge >= 0.3 is 0 Å². The summed E-state index contributed by atoms with van der Waals surface area (Å²) in [5, 5.41) is 3.53. The normalized spacial score (nSPS) is 29.7. The molecule has 4 rings (SSSR count). The zero-order valence-electron chi connectivity index (χ0n) is 12.2. The predicted octanol–water partition coefficient (Wildman–Crippen LogP) is 2.50. The molecule has 22 heavy (non-hydrogen) atoms. The van der Waals surface area contributed by atoms with Crippen LogP contribution in [0.25, 0.3) is 10.6 Å². The molecule has 0 spiro atoms. The van der Waals surface area contributed by atoms with E-state index in [9.17, 15) is 4.79 Å². The van der Waals surface area contributed by atoms with E-state index in [0.29, 0.717) is 5.13 Å². The average molecular weight is 316 g/mol. The van der Waals surface area contributed by atoms with Crippen molar-refractivity contribution >= 4 is 22.4 Å². The Labute approximate surface area is 132 Å². The fourth-order valence-corrected chi connectivity index (χ4v) is 4.06. The maximum absolute atomic E-state index is 12.6. The first kappa shape index (κ1) is 13.8. The second kappa shape index (κ2) is 5.10. The highest BCUT2D eigenvalue weighted by Gasteiger charge is 2.53. The highest BCUT2D eigenvalue weighted by molar-refractivity contribution is 7.19. The molecule has 2 aliphatic heterocycles. The third kappa shape index (κ3) is 2.21. The van der Waals surface area contributed by atoms with Crippen LogP contribution in [-0.4, -0.2) is 33.1 Å². The van der Waals surface area contributed by atoms with Gasteiger partial charge in [0.2, 0.25) is 5.91 Å². The van der Waals surface area contributed by atoms with Crippen molar-refractivity contribution in [1.29, 1.82) is 0 Å². The van der Waals surface area contributed by atoms with Crippen LogP contribution in [-0.2, 0) is 9.53 Å². The van der Waals surface area contributed by atoms with E-state index in [1.807, 2.05) is 6.92 Å². The van der Waals surface area contributed by atoms with Crippen LogP contribution in [0.15, 0.2) is 24.8 Å². The van der Waals surface area contributed by atoms with Gasteiger partial charge < -0.3 is 10.1 Å². The topological polar surface area (TPSA) is 77.0 Å². The number of nitrogens with zero attached hydrogens (tertiary/aromatic N) is 3. The molecular formula is C15H16N4O2S. The van der Waals surface area contributed by atoms with Crippen molar-refractivity contribution in [2.75, 3.05) is 5.32 Å². The molecule has 1 N–H and O–H groups in total. The van der Waals surface area contributed by atoms with E-state index in [-0.39, 0.29) is 18.1 Å². The highest BCUT2D eigenvalue weighted by Crippen LogP contribution is 2.48. The van der Waals surface area contributed by atoms with Crippen molar-refractivity contribution in [2.24, 2.45) is 5.41 Å². The van der Waals surface area contributed by atoms with Crippen LogP contribution < -0.4 is 5.32 Å². The molecule has 2 fully saturated rings. The number of hydrogen-bond acceptors (Lipinski definition) is 6. The molecule has 6 nitrogen and oxygen atoms in total. The van der Waals surface area contributed by atoms with E-state index in [4.69, 9.17) is 4.74 Å². The Morgan fingerprint density at radius 1 is 1.36 bits per heavy atom. The van der Waals surface area contributed by atoms with E-state index in [1.54, 1.807) is 24.8 Å². The molecule has 0 saturated carbocycles. The largest absolute Gasteiger partial charge is 0.374 e. The van der Waals surface area contributed by atoms with Gasteiger partial charge in [-0.1, -0.05) is 11.3 Å². The standard InChI is InChI=1S/C15H16N4O2S/c1-15(6-9-2-3-12(15)21-9)13(20)19-14-18-8-11(22-14)10-7-16-4-5-17-10/h4-5,7-9,12H,2-3,6H2,1H3,(H,18,19,20)/t9-,12+,15+/m1/s1. The van der Waals surface area contributed by atoms with E-state index in [2.05, 4.69) is 20.3 Å². The van der Waals surface area contributed by atoms with Gasteiger partial charge in [0.1, 0.15) is 5.69 Å². The summed E-state index contributed by atoms with van der Waals surface area (Å²) in [6.45, 7) is 1.99. The Kier molecular flexibility index (Phi) is 3.19. The van der Waals surface area contributed by atoms with Gasteiger partial charge in [0.15, 0.2) is 5.13 Å². The Bertz CT molecular complexity index is 705. The third-order valence-electron chi connectivity index (χ3n) is 4.53. The SMILES string of the molecule is C[C@]1(C(=O)Nc2ncc(-c3cnccn3)s2)C[C@H]2CC[C@@H]1O2. The fraction of sp³-hybridized carbons (Fsp3) is 0.467. The number of rotatable bonds is 3. The molecule has 0 aliphatic carbocycles. The van der Waals surface area contributed by atoms with Crippen molar-refractivity contribution in [2.45, 2.75) is 38.4 Å². The lowest BCUT2D eigenvalue weighted by Crippen LogP contribution is -2.41. The number of ether oxygens (including phenoxy) is 1. The molecule has 114 valence electrons. The lowest BCUT2D eigenvalue weighted by atomic mass is 9.75. The van der Waals surface area contributed by atoms with E-state index in [0.717, 1.165) is 29.8 Å². The van der Waals surface area contributed by atoms with Crippen LogP contribution in [0.5, 0.6) is 0 Å². The van der Waals surface area contributed by atoms with Gasteiger partial charge in [0, 0.05) is 18.6 Å². The maximum atomic E-state index is 12.6. The molecule has 7 heteroatoms. The summed E-state index contributed by atoms with van der Waals surface area (Å²) in [6.07, 6.45) is 9.78. The number of anilines is 1. The monoisotopic (exact) mass is 316 g/mol. The first-order chi connectivity index (χ1) is 10.6. The van der Waals surface area contributed by atoms with Gasteiger partial charge in [-0.25, -0.2) is 4.98 Å². The molecular weight excluding hydrogens is 300 g/mol. The zero-order chi connectivity index (χ0) is 15.2. The molecule has 2 saturated heterocycles. The second-order valence-corrected chi connectivity index (χ2v) is 7.05. The number of carbonyl (C=O) groups is 1. The Balaban J connectivity index is 1.50. The van der Waals surface area contributed by atoms with Gasteiger partial charge in [-0.3, -0.25) is 14.8 Å². The van der Waals surface area contributed by atoms with Crippen molar-refractivity contribution < 1.29 is 9.53 Å². The van der Waals surface area contributed by atoms with Crippen LogP contribution in [0.1, 0.15) is 26.2 Å². The number of fused-ring (bicyclic) bond motifs is 2. The molecule has 0 radical (unpaired) electrons. The summed E-state index contributed by atoms with van der Waals surface area (Å²) in [5.74, 6) is -0.000235. The summed E-state index contributed by atoms with van der Waals surface area (Å²) < 4.78 is 5.83. The van der Waals surface area contributed by atoms with Crippen molar-refractivity contribution in [3.05, 3.63) is 24.8 Å². The number of aromatic nitrogens is 3. The lowest BCUT2D eigenvalue weighted by molar-refractivity contribution is -0.127. The van der Waals surface area contributed by atoms with Crippen molar-refractivity contribution in [3.63, 3.8) is 0 Å². The maximum Gasteiger partial charge on any atom is 0.234 e. The molecule has 0 aromatic carbocycles. The van der Waals surface area contributed by atoms with Crippen LogP contribution in [0.4, 0.5) is 5.13 Å². The summed E-state index contributed by atoms with van der Waals surface area (Å²) >= 11 is 1.41. The second-order valence-electron chi connectivity index (χ2n) is 6.02. The average Bonchev–Trinajstić information content (AvgIpc) is 3.24. The highest BCUT2D eigenvalue weighted by atomic mass is 32.1. The minimum atomic E-state index is -0.443. The van der Waals surface area contributed by atoms with E-state index < -0.39 is 5.41 Å². The molecule has 2 aliphatic rings. The van der Waals surface area contributed by atoms with Crippen molar-refractivity contribution in [1.82, 2.24) is 15.0 Å². The zero-order valence-corrected chi connectivity index (χ0v) is 13.0. The Morgan fingerprint density at radius 3 is 2.95 bits per heavy atom. The number of carbonyl (C=O) groups excluding carboxylic acids is 1. The van der Waals surface area contributed by atoms with Crippen LogP contribution >= 0.6 is 11.3 Å². The summed E-state index contributed by atoms with van der Waals surface area (Å²) in [5.41, 5.74) is 0.316. The first-order valence-corrected chi connectivity index (χ1v) is 8.16. The van der Waals surface area contributed by atoms with Gasteiger partial charge in [-0.05, 0) is 26.2 Å². The molecule has 3 atom stereocenters. The summed E-state index contributed by atoms with van der Waals surface area (Å²) in [4.78, 5) is 26.1. The summed E-state index contributed by atoms with van der Waals surface area (Å²) in [7, 11) is 0. The molecule has 0 unspecified atom stereocenters. The predicted molar refractivity (Wildman–Crippen MR) is 82.4 cm³/mol. The fourth-order valence-electron chi connectivity index (χ4n) is 3.28. The van der Waals surface area contributed by atoms with Gasteiger partial charge in [-0.15, -0.1) is 0 Å². The van der Waals surface area contributed by atoms with E-state index in [1.165, 1.54) is 11.3 Å². The minimum Gasteiger partial charge on any atom is -0.374 e. The first-order valence-electron chi connectivity index (χ1n) is 7.34. The van der Waals surface area contributed by atoms with Gasteiger partial charge in [-0.2, -0.15) is 0 Å². The Morgan fingerprint density at radius 2 is 2.27 bits per heavy atom. The Hall–Kier alpha value is -1.86. The van der Waals surface area contributed by atoms with Crippen LogP contribution in [0, 0.1) is 5.41 Å². The molecule has 2 bridgehead atoms.